The number of nitro benzene ring substituents is 1. The molecular weight excluding hydrogens is 581 g/mol. The van der Waals surface area contributed by atoms with Gasteiger partial charge in [0.1, 0.15) is 17.7 Å². The topological polar surface area (TPSA) is 132 Å². The van der Waals surface area contributed by atoms with E-state index in [1.165, 1.54) is 7.11 Å². The summed E-state index contributed by atoms with van der Waals surface area (Å²) in [4.78, 5) is 34.4. The molecule has 2 aromatic carbocycles. The number of nitrogens with one attached hydrogen (secondary N) is 2. The minimum atomic E-state index is -4.75. The van der Waals surface area contributed by atoms with Gasteiger partial charge in [-0.3, -0.25) is 14.9 Å². The largest absolute Gasteiger partial charge is 0.493 e. The van der Waals surface area contributed by atoms with Crippen LogP contribution in [-0.2, 0) is 11.0 Å². The number of non-ortho nitro benzene ring substituents is 1. The zero-order chi connectivity index (χ0) is 31.6. The van der Waals surface area contributed by atoms with E-state index in [0.29, 0.717) is 66.0 Å². The van der Waals surface area contributed by atoms with Crippen molar-refractivity contribution in [3.05, 3.63) is 57.4 Å². The molecule has 2 aliphatic heterocycles. The lowest BCUT2D eigenvalue weighted by Gasteiger charge is -2.35. The van der Waals surface area contributed by atoms with Gasteiger partial charge in [0.25, 0.3) is 5.69 Å². The van der Waals surface area contributed by atoms with Crippen molar-refractivity contribution in [2.45, 2.75) is 57.9 Å². The maximum absolute atomic E-state index is 13.5. The molecule has 44 heavy (non-hydrogen) atoms. The first-order valence-electron chi connectivity index (χ1n) is 14.6. The zero-order valence-corrected chi connectivity index (χ0v) is 24.7. The van der Waals surface area contributed by atoms with Gasteiger partial charge in [0.15, 0.2) is 11.5 Å². The number of nitrogens with zero attached hydrogens (tertiary/aromatic N) is 4. The number of benzene rings is 2. The Morgan fingerprint density at radius 3 is 2.43 bits per heavy atom. The molecule has 0 spiro atoms. The first-order chi connectivity index (χ1) is 20.9. The second-order valence-electron chi connectivity index (χ2n) is 11.2. The number of halogens is 3. The molecule has 0 bridgehead atoms. The summed E-state index contributed by atoms with van der Waals surface area (Å²) in [5.74, 6) is 1.90. The van der Waals surface area contributed by atoms with E-state index in [2.05, 4.69) is 20.6 Å². The van der Waals surface area contributed by atoms with Crippen molar-refractivity contribution in [2.75, 3.05) is 38.6 Å². The molecule has 1 amide bonds. The van der Waals surface area contributed by atoms with Gasteiger partial charge >= 0.3 is 6.18 Å². The fraction of sp³-hybridized carbons (Fsp3) is 0.500. The number of methoxy groups -OCH3 is 1. The second-order valence-corrected chi connectivity index (χ2v) is 11.2. The quantitative estimate of drug-likeness (QED) is 0.252. The predicted octanol–water partition coefficient (Wildman–Crippen LogP) is 5.42. The molecule has 0 saturated carbocycles. The molecule has 236 valence electrons. The predicted molar refractivity (Wildman–Crippen MR) is 157 cm³/mol. The van der Waals surface area contributed by atoms with Crippen molar-refractivity contribution in [3.8, 4) is 11.5 Å². The maximum Gasteiger partial charge on any atom is 0.416 e. The highest BCUT2D eigenvalue weighted by molar-refractivity contribution is 5.92. The highest BCUT2D eigenvalue weighted by atomic mass is 19.4. The number of likely N-dealkylation sites (tertiary alicyclic amines) is 1. The SMILES string of the molecule is COc1cc2nc(C)nc(NC(C)c3cc([N+](=O)[O-])cc(C(F)(F)F)c3)c2cc1OC1CCN(C(=O)C2CCNCC2)CC1. The number of hydrogen-bond donors (Lipinski definition) is 2. The minimum Gasteiger partial charge on any atom is -0.493 e. The van der Waals surface area contributed by atoms with Crippen LogP contribution in [0.5, 0.6) is 11.5 Å². The number of alkyl halides is 3. The molecule has 2 N–H and O–H groups in total. The lowest BCUT2D eigenvalue weighted by atomic mass is 9.95. The van der Waals surface area contributed by atoms with Gasteiger partial charge in [-0.25, -0.2) is 9.97 Å². The lowest BCUT2D eigenvalue weighted by Crippen LogP contribution is -2.46. The first kappa shape index (κ1) is 31.2. The summed E-state index contributed by atoms with van der Waals surface area (Å²) in [5, 5.41) is 18.3. The number of amides is 1. The van der Waals surface area contributed by atoms with E-state index >= 15 is 0 Å². The van der Waals surface area contributed by atoms with Gasteiger partial charge in [0, 0.05) is 55.4 Å². The molecule has 1 atom stereocenters. The summed E-state index contributed by atoms with van der Waals surface area (Å²) >= 11 is 0. The van der Waals surface area contributed by atoms with Crippen LogP contribution in [0.2, 0.25) is 0 Å². The monoisotopic (exact) mass is 616 g/mol. The Kier molecular flexibility index (Phi) is 9.09. The van der Waals surface area contributed by atoms with Crippen molar-refractivity contribution in [3.63, 3.8) is 0 Å². The molecule has 14 heteroatoms. The fourth-order valence-electron chi connectivity index (χ4n) is 5.76. The standard InChI is InChI=1S/C30H35F3N6O5/c1-17(20-12-21(30(31,32)33)14-22(13-20)39(41)42)35-28-24-15-27(26(43-3)16-25(24)36-18(2)37-28)44-23-6-10-38(11-7-23)29(40)19-4-8-34-9-5-19/h12-17,19,23,34H,4-11H2,1-3H3,(H,35,36,37). The van der Waals surface area contributed by atoms with Gasteiger partial charge in [-0.05, 0) is 57.5 Å². The summed E-state index contributed by atoms with van der Waals surface area (Å²) in [5.41, 5.74) is -1.17. The van der Waals surface area contributed by atoms with Crippen LogP contribution in [0.1, 0.15) is 55.6 Å². The summed E-state index contributed by atoms with van der Waals surface area (Å²) in [6, 6.07) is 5.18. The summed E-state index contributed by atoms with van der Waals surface area (Å²) in [6.07, 6.45) is -1.91. The van der Waals surface area contributed by atoms with E-state index in [4.69, 9.17) is 9.47 Å². The van der Waals surface area contributed by atoms with E-state index in [1.54, 1.807) is 26.0 Å². The number of fused-ring (bicyclic) bond motifs is 1. The third kappa shape index (κ3) is 6.95. The number of rotatable bonds is 8. The Bertz CT molecular complexity index is 1540. The normalized spacial score (nSPS) is 17.4. The second kappa shape index (κ2) is 12.8. The number of piperidine rings is 2. The number of aromatic nitrogens is 2. The van der Waals surface area contributed by atoms with Gasteiger partial charge in [-0.15, -0.1) is 0 Å². The minimum absolute atomic E-state index is 0.0631. The van der Waals surface area contributed by atoms with Crippen molar-refractivity contribution in [1.82, 2.24) is 20.2 Å². The molecule has 11 nitrogen and oxygen atoms in total. The number of anilines is 1. The van der Waals surface area contributed by atoms with Crippen LogP contribution in [-0.4, -0.2) is 65.1 Å². The Morgan fingerprint density at radius 2 is 1.80 bits per heavy atom. The average Bonchev–Trinajstić information content (AvgIpc) is 3.00. The molecule has 2 aliphatic rings. The zero-order valence-electron chi connectivity index (χ0n) is 24.7. The third-order valence-electron chi connectivity index (χ3n) is 8.16. The number of hydrogen-bond acceptors (Lipinski definition) is 9. The maximum atomic E-state index is 13.5. The highest BCUT2D eigenvalue weighted by Crippen LogP contribution is 2.38. The number of nitro groups is 1. The van der Waals surface area contributed by atoms with Crippen LogP contribution in [0.4, 0.5) is 24.7 Å². The molecule has 5 rings (SSSR count). The van der Waals surface area contributed by atoms with E-state index in [0.717, 1.165) is 38.1 Å². The summed E-state index contributed by atoms with van der Waals surface area (Å²) < 4.78 is 52.5. The van der Waals surface area contributed by atoms with E-state index < -0.39 is 28.4 Å². The van der Waals surface area contributed by atoms with Crippen molar-refractivity contribution in [2.24, 2.45) is 5.92 Å². The molecule has 0 aliphatic carbocycles. The van der Waals surface area contributed by atoms with Gasteiger partial charge in [0.2, 0.25) is 5.91 Å². The van der Waals surface area contributed by atoms with E-state index in [9.17, 15) is 28.1 Å². The molecule has 3 heterocycles. The van der Waals surface area contributed by atoms with Crippen LogP contribution in [0, 0.1) is 23.0 Å². The Labute approximate surface area is 252 Å². The van der Waals surface area contributed by atoms with Crippen LogP contribution < -0.4 is 20.1 Å². The Balaban J connectivity index is 1.37. The molecule has 1 unspecified atom stereocenters. The highest BCUT2D eigenvalue weighted by Gasteiger charge is 2.34. The van der Waals surface area contributed by atoms with E-state index in [-0.39, 0.29) is 23.5 Å². The molecule has 2 saturated heterocycles. The van der Waals surface area contributed by atoms with Crippen LogP contribution >= 0.6 is 0 Å². The first-order valence-corrected chi connectivity index (χ1v) is 14.6. The lowest BCUT2D eigenvalue weighted by molar-refractivity contribution is -0.385. The van der Waals surface area contributed by atoms with E-state index in [1.807, 2.05) is 4.90 Å². The molecular formula is C30H35F3N6O5. The van der Waals surface area contributed by atoms with Crippen LogP contribution in [0.25, 0.3) is 10.9 Å². The average molecular weight is 617 g/mol. The smallest absolute Gasteiger partial charge is 0.416 e. The van der Waals surface area contributed by atoms with Gasteiger partial charge in [0.05, 0.1) is 29.2 Å². The number of carbonyl (C=O) groups is 1. The van der Waals surface area contributed by atoms with Gasteiger partial charge in [-0.1, -0.05) is 0 Å². The Morgan fingerprint density at radius 1 is 1.09 bits per heavy atom. The van der Waals surface area contributed by atoms with Crippen molar-refractivity contribution in [1.29, 1.82) is 0 Å². The Hall–Kier alpha value is -4.20. The molecule has 2 fully saturated rings. The third-order valence-corrected chi connectivity index (χ3v) is 8.16. The molecule has 3 aromatic rings. The fourth-order valence-corrected chi connectivity index (χ4v) is 5.76. The van der Waals surface area contributed by atoms with Gasteiger partial charge in [-0.2, -0.15) is 13.2 Å². The summed E-state index contributed by atoms with van der Waals surface area (Å²) in [6.45, 7) is 6.19. The van der Waals surface area contributed by atoms with Crippen LogP contribution in [0.3, 0.4) is 0 Å². The number of carbonyl (C=O) groups excluding carboxylic acids is 1. The molecule has 0 radical (unpaired) electrons. The van der Waals surface area contributed by atoms with Crippen LogP contribution in [0.15, 0.2) is 30.3 Å². The van der Waals surface area contributed by atoms with Gasteiger partial charge < -0.3 is 25.0 Å². The number of aryl methyl sites for hydroxylation is 1. The van der Waals surface area contributed by atoms with Crippen molar-refractivity contribution >= 4 is 28.3 Å². The number of ether oxygens (including phenoxy) is 2. The molecule has 1 aromatic heterocycles. The van der Waals surface area contributed by atoms with Crippen molar-refractivity contribution < 1.29 is 32.4 Å². The summed E-state index contributed by atoms with van der Waals surface area (Å²) in [7, 11) is 1.52.